The first-order valence-electron chi connectivity index (χ1n) is 7.44. The lowest BCUT2D eigenvalue weighted by molar-refractivity contribution is 0.313. The molecule has 1 aromatic carbocycles. The van der Waals surface area contributed by atoms with E-state index in [1.165, 1.54) is 5.56 Å². The van der Waals surface area contributed by atoms with Crippen LogP contribution in [-0.4, -0.2) is 36.7 Å². The van der Waals surface area contributed by atoms with Crippen molar-refractivity contribution in [1.82, 2.24) is 4.31 Å². The zero-order valence-electron chi connectivity index (χ0n) is 13.0. The summed E-state index contributed by atoms with van der Waals surface area (Å²) in [7, 11) is -3.16. The molecule has 1 aromatic rings. The predicted octanol–water partition coefficient (Wildman–Crippen LogP) is 2.95. The zero-order valence-corrected chi connectivity index (χ0v) is 13.9. The fraction of sp³-hybridized carbons (Fsp3) is 0.625. The maximum atomic E-state index is 12.4. The van der Waals surface area contributed by atoms with Gasteiger partial charge in [-0.15, -0.1) is 0 Å². The summed E-state index contributed by atoms with van der Waals surface area (Å²) in [4.78, 5) is 0. The lowest BCUT2D eigenvalue weighted by atomic mass is 9.90. The van der Waals surface area contributed by atoms with Gasteiger partial charge >= 0.3 is 0 Å². The summed E-state index contributed by atoms with van der Waals surface area (Å²) in [5.41, 5.74) is 0.966. The van der Waals surface area contributed by atoms with E-state index in [-0.39, 0.29) is 16.9 Å². The standard InChI is InChI=1S/C16H25NO3S/c1-16(2,3)12-21(19,20)17-10-8-14(9-11-17)13-4-6-15(18)7-5-13/h4-7,14,18H,8-12H2,1-3H3. The van der Waals surface area contributed by atoms with Crippen LogP contribution >= 0.6 is 0 Å². The van der Waals surface area contributed by atoms with Crippen LogP contribution in [0.15, 0.2) is 24.3 Å². The first-order chi connectivity index (χ1) is 9.67. The molecule has 0 radical (unpaired) electrons. The molecule has 2 rings (SSSR count). The van der Waals surface area contributed by atoms with Crippen molar-refractivity contribution < 1.29 is 13.5 Å². The van der Waals surface area contributed by atoms with Gasteiger partial charge in [0, 0.05) is 13.1 Å². The molecule has 1 N–H and O–H groups in total. The van der Waals surface area contributed by atoms with Crippen LogP contribution in [0.2, 0.25) is 0 Å². The molecule has 0 aromatic heterocycles. The normalized spacial score (nSPS) is 18.8. The molecule has 0 spiro atoms. The van der Waals surface area contributed by atoms with Gasteiger partial charge in [-0.2, -0.15) is 0 Å². The van der Waals surface area contributed by atoms with Crippen molar-refractivity contribution in [3.05, 3.63) is 29.8 Å². The highest BCUT2D eigenvalue weighted by Crippen LogP contribution is 2.31. The summed E-state index contributed by atoms with van der Waals surface area (Å²) in [6, 6.07) is 7.24. The SMILES string of the molecule is CC(C)(C)CS(=O)(=O)N1CCC(c2ccc(O)cc2)CC1. The van der Waals surface area contributed by atoms with Gasteiger partial charge in [0.1, 0.15) is 5.75 Å². The molecule has 0 aliphatic carbocycles. The van der Waals surface area contributed by atoms with Crippen LogP contribution in [0.3, 0.4) is 0 Å². The molecule has 0 unspecified atom stereocenters. The Morgan fingerprint density at radius 3 is 2.14 bits per heavy atom. The monoisotopic (exact) mass is 311 g/mol. The van der Waals surface area contributed by atoms with Crippen LogP contribution in [0.5, 0.6) is 5.75 Å². The molecule has 1 aliphatic rings. The third kappa shape index (κ3) is 4.45. The second kappa shape index (κ2) is 5.97. The molecule has 118 valence electrons. The number of phenols is 1. The average molecular weight is 311 g/mol. The highest BCUT2D eigenvalue weighted by molar-refractivity contribution is 7.89. The van der Waals surface area contributed by atoms with Gasteiger partial charge in [-0.3, -0.25) is 0 Å². The van der Waals surface area contributed by atoms with Crippen LogP contribution in [-0.2, 0) is 10.0 Å². The topological polar surface area (TPSA) is 57.6 Å². The molecule has 1 fully saturated rings. The van der Waals surface area contributed by atoms with Gasteiger partial charge in [0.25, 0.3) is 0 Å². The summed E-state index contributed by atoms with van der Waals surface area (Å²) < 4.78 is 26.4. The number of piperidine rings is 1. The van der Waals surface area contributed by atoms with Gasteiger partial charge in [0.15, 0.2) is 0 Å². The van der Waals surface area contributed by atoms with Crippen molar-refractivity contribution in [2.45, 2.75) is 39.5 Å². The molecule has 1 saturated heterocycles. The average Bonchev–Trinajstić information content (AvgIpc) is 2.37. The van der Waals surface area contributed by atoms with Crippen molar-refractivity contribution in [3.63, 3.8) is 0 Å². The maximum Gasteiger partial charge on any atom is 0.214 e. The van der Waals surface area contributed by atoms with E-state index in [9.17, 15) is 13.5 Å². The quantitative estimate of drug-likeness (QED) is 0.933. The van der Waals surface area contributed by atoms with Crippen molar-refractivity contribution in [3.8, 4) is 5.75 Å². The fourth-order valence-electron chi connectivity index (χ4n) is 2.85. The van der Waals surface area contributed by atoms with E-state index in [1.54, 1.807) is 16.4 Å². The number of hydrogen-bond donors (Lipinski definition) is 1. The van der Waals surface area contributed by atoms with Crippen LogP contribution in [0.25, 0.3) is 0 Å². The summed E-state index contributed by atoms with van der Waals surface area (Å²) in [5, 5.41) is 9.32. The van der Waals surface area contributed by atoms with Gasteiger partial charge in [-0.1, -0.05) is 32.9 Å². The number of rotatable bonds is 3. The van der Waals surface area contributed by atoms with Crippen molar-refractivity contribution in [2.24, 2.45) is 5.41 Å². The largest absolute Gasteiger partial charge is 0.508 e. The molecule has 5 heteroatoms. The van der Waals surface area contributed by atoms with E-state index < -0.39 is 10.0 Å². The lowest BCUT2D eigenvalue weighted by Gasteiger charge is -2.33. The first kappa shape index (κ1) is 16.3. The van der Waals surface area contributed by atoms with Gasteiger partial charge in [0.05, 0.1) is 5.75 Å². The lowest BCUT2D eigenvalue weighted by Crippen LogP contribution is -2.41. The van der Waals surface area contributed by atoms with Crippen LogP contribution in [0.4, 0.5) is 0 Å². The van der Waals surface area contributed by atoms with E-state index >= 15 is 0 Å². The van der Waals surface area contributed by atoms with Gasteiger partial charge in [-0.05, 0) is 41.9 Å². The van der Waals surface area contributed by atoms with Gasteiger partial charge < -0.3 is 5.11 Å². The Hall–Kier alpha value is -1.07. The molecule has 1 aliphatic heterocycles. The summed E-state index contributed by atoms with van der Waals surface area (Å²) in [6.07, 6.45) is 1.68. The van der Waals surface area contributed by atoms with E-state index in [4.69, 9.17) is 0 Å². The molecule has 0 bridgehead atoms. The van der Waals surface area contributed by atoms with Crippen molar-refractivity contribution in [2.75, 3.05) is 18.8 Å². The predicted molar refractivity (Wildman–Crippen MR) is 84.9 cm³/mol. The molecule has 1 heterocycles. The van der Waals surface area contributed by atoms with E-state index in [1.807, 2.05) is 32.9 Å². The number of sulfonamides is 1. The first-order valence-corrected chi connectivity index (χ1v) is 9.05. The molecule has 0 saturated carbocycles. The molecular formula is C16H25NO3S. The molecule has 0 atom stereocenters. The minimum Gasteiger partial charge on any atom is -0.508 e. The maximum absolute atomic E-state index is 12.4. The summed E-state index contributed by atoms with van der Waals surface area (Å²) in [5.74, 6) is 0.847. The third-order valence-corrected chi connectivity index (χ3v) is 6.21. The number of phenolic OH excluding ortho intramolecular Hbond substituents is 1. The Bertz CT molecular complexity index is 565. The molecule has 0 amide bonds. The third-order valence-electron chi connectivity index (χ3n) is 3.83. The minimum atomic E-state index is -3.16. The zero-order chi connectivity index (χ0) is 15.7. The Balaban J connectivity index is 1.98. The van der Waals surface area contributed by atoms with E-state index in [0.29, 0.717) is 19.0 Å². The Morgan fingerprint density at radius 1 is 1.14 bits per heavy atom. The van der Waals surface area contributed by atoms with Crippen LogP contribution < -0.4 is 0 Å². The Kier molecular flexibility index (Phi) is 4.63. The molecule has 4 nitrogen and oxygen atoms in total. The Morgan fingerprint density at radius 2 is 1.67 bits per heavy atom. The number of hydrogen-bond acceptors (Lipinski definition) is 3. The van der Waals surface area contributed by atoms with Gasteiger partial charge in [0.2, 0.25) is 10.0 Å². The summed E-state index contributed by atoms with van der Waals surface area (Å²) >= 11 is 0. The molecule has 21 heavy (non-hydrogen) atoms. The summed E-state index contributed by atoms with van der Waals surface area (Å²) in [6.45, 7) is 7.03. The highest BCUT2D eigenvalue weighted by atomic mass is 32.2. The van der Waals surface area contributed by atoms with Crippen molar-refractivity contribution in [1.29, 1.82) is 0 Å². The van der Waals surface area contributed by atoms with Gasteiger partial charge in [-0.25, -0.2) is 12.7 Å². The minimum absolute atomic E-state index is 0.198. The number of benzene rings is 1. The number of aromatic hydroxyl groups is 1. The van der Waals surface area contributed by atoms with Crippen LogP contribution in [0, 0.1) is 5.41 Å². The smallest absolute Gasteiger partial charge is 0.214 e. The van der Waals surface area contributed by atoms with E-state index in [0.717, 1.165) is 12.8 Å². The second-order valence-corrected chi connectivity index (χ2v) is 9.05. The fourth-order valence-corrected chi connectivity index (χ4v) is 4.90. The van der Waals surface area contributed by atoms with Crippen molar-refractivity contribution >= 4 is 10.0 Å². The van der Waals surface area contributed by atoms with Crippen LogP contribution in [0.1, 0.15) is 45.1 Å². The van der Waals surface area contributed by atoms with E-state index in [2.05, 4.69) is 0 Å². The molecular weight excluding hydrogens is 286 g/mol. The highest BCUT2D eigenvalue weighted by Gasteiger charge is 2.31. The second-order valence-electron chi connectivity index (χ2n) is 7.08. The number of nitrogens with zero attached hydrogens (tertiary/aromatic N) is 1. The Labute approximate surface area is 127 Å².